The Bertz CT molecular complexity index is 5750. The number of ketones is 5. The van der Waals surface area contributed by atoms with E-state index < -0.39 is 145 Å². The highest BCUT2D eigenvalue weighted by molar-refractivity contribution is 8.00. The van der Waals surface area contributed by atoms with Crippen LogP contribution in [0.1, 0.15) is 204 Å². The van der Waals surface area contributed by atoms with Crippen LogP contribution in [0.15, 0.2) is 146 Å². The number of benzene rings is 5. The maximum Gasteiger partial charge on any atom is 0.310 e. The summed E-state index contributed by atoms with van der Waals surface area (Å²) < 4.78 is 165. The quantitative estimate of drug-likeness (QED) is 0.0260. The van der Waals surface area contributed by atoms with Crippen molar-refractivity contribution in [3.8, 4) is 0 Å². The third-order valence-electron chi connectivity index (χ3n) is 26.2. The zero-order chi connectivity index (χ0) is 109. The summed E-state index contributed by atoms with van der Waals surface area (Å²) in [5, 5.41) is 0. The third-order valence-corrected chi connectivity index (χ3v) is 40.9. The highest BCUT2D eigenvalue weighted by Gasteiger charge is 2.48. The molecule has 146 heavy (non-hydrogen) atoms. The van der Waals surface area contributed by atoms with Gasteiger partial charge in [0.25, 0.3) is 0 Å². The fourth-order valence-corrected chi connectivity index (χ4v) is 31.1. The van der Waals surface area contributed by atoms with Crippen molar-refractivity contribution < 1.29 is 114 Å². The molecule has 0 bridgehead atoms. The SMILES string of the molecule is CCC(C)[C@H](CC(=O)[C@@H]1CSCCN1S(=O)(=O)c1ccc(C)cc1)C(=O)OC.CCC(C)[C@H](CC(=O)[C@@H]1CSCCN1S(=O)(=O)c1ccc(C)cc1)C(=O)OC(C)(C)C.CCOC(=O)[C@@H](CC(=O)[C@@H]1CSCCN1S(=O)(=O)c1ccc(C)cc1)C(C)C.CCOC(=O)[C@@H](CC(=O)[C@@H]1CSCCN1S(=O)(=O)c1ccc(C)cc1)C(C)CC.Cc1ccc(S(=O)(=O)N2CCSC[C@H]2C(=O)C[C@H](C(=O)OC(C)(C)C)C(C)C)cc1. The molecule has 0 aliphatic carbocycles. The number of thioether (sulfide) groups is 5. The molecule has 0 spiro atoms. The van der Waals surface area contributed by atoms with Crippen molar-refractivity contribution in [2.45, 2.75) is 277 Å². The monoisotopic (exact) mass is 2220 g/mol. The number of hydrogen-bond acceptors (Lipinski definition) is 30. The average Bonchev–Trinajstić information content (AvgIpc) is 0.797. The highest BCUT2D eigenvalue weighted by Crippen LogP contribution is 2.38. The average molecular weight is 2220 g/mol. The van der Waals surface area contributed by atoms with E-state index in [0.29, 0.717) is 57.5 Å². The number of ether oxygens (including phenoxy) is 5. The summed E-state index contributed by atoms with van der Waals surface area (Å²) in [6.45, 7) is 44.7. The number of rotatable bonds is 40. The van der Waals surface area contributed by atoms with Gasteiger partial charge in [0.05, 0.1) is 105 Å². The highest BCUT2D eigenvalue weighted by atomic mass is 32.2. The normalized spacial score (nSPS) is 19.9. The Morgan fingerprint density at radius 3 is 0.658 bits per heavy atom. The minimum Gasteiger partial charge on any atom is -0.469 e. The van der Waals surface area contributed by atoms with Crippen LogP contribution in [-0.2, 0) is 122 Å². The molecular weight excluding hydrogens is 2060 g/mol. The van der Waals surface area contributed by atoms with Gasteiger partial charge in [-0.15, -0.1) is 0 Å². The molecule has 5 aliphatic heterocycles. The molecule has 0 amide bonds. The van der Waals surface area contributed by atoms with Crippen molar-refractivity contribution >= 4 is 168 Å². The first-order valence-electron chi connectivity index (χ1n) is 50.1. The molecule has 816 valence electrons. The van der Waals surface area contributed by atoms with E-state index in [4.69, 9.17) is 23.7 Å². The molecule has 10 rings (SSSR count). The topological polar surface area (TPSA) is 404 Å². The number of esters is 5. The van der Waals surface area contributed by atoms with Gasteiger partial charge in [0.15, 0.2) is 28.9 Å². The molecular formula is C106H157N5O25S10. The van der Waals surface area contributed by atoms with Crippen LogP contribution in [0.5, 0.6) is 0 Å². The predicted octanol–water partition coefficient (Wildman–Crippen LogP) is 16.8. The van der Waals surface area contributed by atoms with Gasteiger partial charge >= 0.3 is 29.8 Å². The van der Waals surface area contributed by atoms with Crippen molar-refractivity contribution in [2.75, 3.05) is 111 Å². The molecule has 5 heterocycles. The van der Waals surface area contributed by atoms with Crippen LogP contribution in [-0.4, -0.2) is 274 Å². The summed E-state index contributed by atoms with van der Waals surface area (Å²) in [5.41, 5.74) is 3.55. The van der Waals surface area contributed by atoms with Crippen LogP contribution in [0.3, 0.4) is 0 Å². The molecule has 0 aromatic heterocycles. The van der Waals surface area contributed by atoms with Crippen LogP contribution < -0.4 is 0 Å². The Morgan fingerprint density at radius 2 is 0.473 bits per heavy atom. The van der Waals surface area contributed by atoms with Gasteiger partial charge in [-0.2, -0.15) is 80.3 Å². The van der Waals surface area contributed by atoms with E-state index in [9.17, 15) is 90.0 Å². The molecule has 5 saturated heterocycles. The van der Waals surface area contributed by atoms with Crippen molar-refractivity contribution in [3.63, 3.8) is 0 Å². The maximum absolute atomic E-state index is 13.3. The fraction of sp³-hybridized carbons (Fsp3) is 0.623. The lowest BCUT2D eigenvalue weighted by atomic mass is 9.86. The Labute approximate surface area is 891 Å². The molecule has 30 nitrogen and oxygen atoms in total. The predicted molar refractivity (Wildman–Crippen MR) is 582 cm³/mol. The summed E-state index contributed by atoms with van der Waals surface area (Å²) in [7, 11) is -17.6. The Hall–Kier alpha value is -6.90. The van der Waals surface area contributed by atoms with Crippen LogP contribution in [0.25, 0.3) is 0 Å². The zero-order valence-electron chi connectivity index (χ0n) is 89.4. The van der Waals surface area contributed by atoms with E-state index >= 15 is 0 Å². The molecule has 5 fully saturated rings. The first kappa shape index (κ1) is 128. The van der Waals surface area contributed by atoms with Crippen LogP contribution in [0.4, 0.5) is 0 Å². The van der Waals surface area contributed by atoms with Gasteiger partial charge in [0.2, 0.25) is 50.1 Å². The smallest absolute Gasteiger partial charge is 0.310 e. The number of carbonyl (C=O) groups is 10. The Balaban J connectivity index is 0.000000279. The molecule has 0 N–H and O–H groups in total. The van der Waals surface area contributed by atoms with E-state index in [1.54, 1.807) is 236 Å². The molecule has 40 heteroatoms. The second kappa shape index (κ2) is 58.8. The standard InChI is InChI=1S/C23H35NO5S2.C22H33NO5S2.C21H31NO5S2.2C20H29NO5S2/c1-7-17(3)19(22(26)29-23(4,5)6)14-21(25)20-15-30-13-12-24(20)31(27,28)18-10-8-16(2)9-11-18;1-15(2)18(21(25)28-22(4,5)6)13-20(24)19-14-29-12-11-23(19)30(26,27)17-9-7-16(3)8-10-17;1-5-16(4)18(21(24)27-6-2)13-20(23)19-14-28-12-11-22(19)29(25,26)17-9-7-15(3)8-10-17;1-5-15(3)17(20(23)26-4)12-19(22)18-13-27-11-10-21(18)28(24,25)16-8-6-14(2)7-9-16;1-5-26-20(23)17(14(2)3)12-19(22)18-13-27-11-10-21(18)28(24,25)16-8-6-15(4)7-9-16/h8-11,17,19-20H,7,12-15H2,1-6H3;7-10,15,18-19H,11-14H2,1-6H3;7-10,16,18-19H,5-6,11-14H2,1-4H3;6-9,15,17-18H,5,10-13H2,1-4H3;6-9,14,17-18H,5,10-13H2,1-4H3/t17?,19-,20-;18-,19-;16?,18-,19-;15?,17-,18-;17-,18-/m00000/s1. The van der Waals surface area contributed by atoms with Crippen LogP contribution in [0.2, 0.25) is 0 Å². The lowest BCUT2D eigenvalue weighted by Gasteiger charge is -2.34. The summed E-state index contributed by atoms with van der Waals surface area (Å²) in [6, 6.07) is 29.4. The zero-order valence-corrected chi connectivity index (χ0v) is 97.6. The Morgan fingerprint density at radius 1 is 0.295 bits per heavy atom. The second-order valence-electron chi connectivity index (χ2n) is 40.2. The molecule has 5 aromatic carbocycles. The number of carbonyl (C=O) groups excluding carboxylic acids is 10. The van der Waals surface area contributed by atoms with Gasteiger partial charge < -0.3 is 23.7 Å². The largest absolute Gasteiger partial charge is 0.469 e. The molecule has 5 aliphatic rings. The summed E-state index contributed by atoms with van der Waals surface area (Å²) >= 11 is 7.81. The van der Waals surface area contributed by atoms with Gasteiger partial charge in [-0.3, -0.25) is 47.9 Å². The van der Waals surface area contributed by atoms with Crippen molar-refractivity contribution in [3.05, 3.63) is 149 Å². The second-order valence-corrected chi connectivity index (χ2v) is 55.4. The van der Waals surface area contributed by atoms with Crippen LogP contribution >= 0.6 is 58.8 Å². The van der Waals surface area contributed by atoms with E-state index in [-0.39, 0.29) is 167 Å². The van der Waals surface area contributed by atoms with E-state index in [1.165, 1.54) is 28.6 Å². The van der Waals surface area contributed by atoms with E-state index in [0.717, 1.165) is 47.1 Å². The number of aryl methyl sites for hydroxylation is 5. The summed E-state index contributed by atoms with van der Waals surface area (Å²) in [4.78, 5) is 129. The third kappa shape index (κ3) is 37.0. The maximum atomic E-state index is 13.3. The molecule has 5 aromatic rings. The van der Waals surface area contributed by atoms with Gasteiger partial charge in [-0.05, 0) is 180 Å². The van der Waals surface area contributed by atoms with Crippen molar-refractivity contribution in [1.82, 2.24) is 21.5 Å². The van der Waals surface area contributed by atoms with Crippen LogP contribution in [0, 0.1) is 93.8 Å². The van der Waals surface area contributed by atoms with E-state index in [1.807, 2.05) is 104 Å². The summed E-state index contributed by atoms with van der Waals surface area (Å²) in [5.74, 6) is -1.07. The molecule has 3 unspecified atom stereocenters. The fourth-order valence-electron chi connectivity index (χ4n) is 16.6. The van der Waals surface area contributed by atoms with E-state index in [2.05, 4.69) is 0 Å². The number of methoxy groups -OCH3 is 1. The molecule has 0 radical (unpaired) electrons. The minimum atomic E-state index is -3.80. The minimum absolute atomic E-state index is 0.00101. The first-order chi connectivity index (χ1) is 68.3. The molecule has 13 atom stereocenters. The Kier molecular flexibility index (Phi) is 51.5. The number of hydrogen-bond donors (Lipinski definition) is 0. The van der Waals surface area contributed by atoms with Gasteiger partial charge in [0.1, 0.15) is 11.2 Å². The lowest BCUT2D eigenvalue weighted by Crippen LogP contribution is -2.51. The van der Waals surface area contributed by atoms with Gasteiger partial charge in [-0.1, -0.05) is 177 Å². The number of sulfonamides is 5. The van der Waals surface area contributed by atoms with Crippen molar-refractivity contribution in [1.29, 1.82) is 0 Å². The van der Waals surface area contributed by atoms with Gasteiger partial charge in [-0.25, -0.2) is 42.1 Å². The number of nitrogens with zero attached hydrogens (tertiary/aromatic N) is 5. The van der Waals surface area contributed by atoms with Gasteiger partial charge in [0, 0.05) is 122 Å². The number of Topliss-reactive ketones (excluding diaryl/α,β-unsaturated/α-hetero) is 5. The summed E-state index contributed by atoms with van der Waals surface area (Å²) in [6.07, 6.45) is 2.13. The van der Waals surface area contributed by atoms with Crippen molar-refractivity contribution in [2.24, 2.45) is 59.2 Å². The first-order valence-corrected chi connectivity index (χ1v) is 63.1. The lowest BCUT2D eigenvalue weighted by molar-refractivity contribution is -0.164. The molecule has 0 saturated carbocycles.